The van der Waals surface area contributed by atoms with Gasteiger partial charge in [0.15, 0.2) is 10.2 Å². The van der Waals surface area contributed by atoms with Gasteiger partial charge in [-0.2, -0.15) is 0 Å². The highest BCUT2D eigenvalue weighted by molar-refractivity contribution is 7.99. The number of furan rings is 1. The standard InChI is InChI=1S/C29H27ClN4O2S2/c1-2-19-7-3-4-8-22(19)32-25(35)16-18-34-28(27(33-29(34)37)23-9-5-6-17-31-23)24-14-15-26(36-24)38-21-12-10-20(30)11-13-21/h3-15,17,27-28H,2,16,18H2,1H3,(H,32,35)(H,33,37)/t27-,28-/m1/s1. The highest BCUT2D eigenvalue weighted by Gasteiger charge is 2.41. The maximum atomic E-state index is 12.9. The second-order valence-corrected chi connectivity index (χ2v) is 10.7. The summed E-state index contributed by atoms with van der Waals surface area (Å²) >= 11 is 13.3. The molecule has 0 aliphatic carbocycles. The fourth-order valence-corrected chi connectivity index (χ4v) is 5.74. The number of hydrogen-bond donors (Lipinski definition) is 2. The van der Waals surface area contributed by atoms with Crippen molar-refractivity contribution >= 4 is 52.3 Å². The van der Waals surface area contributed by atoms with Gasteiger partial charge in [-0.05, 0) is 78.8 Å². The van der Waals surface area contributed by atoms with E-state index in [-0.39, 0.29) is 24.4 Å². The molecular weight excluding hydrogens is 536 g/mol. The van der Waals surface area contributed by atoms with Gasteiger partial charge in [-0.3, -0.25) is 9.78 Å². The number of aryl methyl sites for hydroxylation is 1. The van der Waals surface area contributed by atoms with Crippen LogP contribution >= 0.6 is 35.6 Å². The van der Waals surface area contributed by atoms with Crippen molar-refractivity contribution in [2.75, 3.05) is 11.9 Å². The molecule has 3 heterocycles. The summed E-state index contributed by atoms with van der Waals surface area (Å²) in [5, 5.41) is 8.48. The zero-order chi connectivity index (χ0) is 26.5. The number of nitrogens with one attached hydrogen (secondary N) is 2. The first-order chi connectivity index (χ1) is 18.5. The number of hydrogen-bond acceptors (Lipinski definition) is 5. The first-order valence-corrected chi connectivity index (χ1v) is 14.0. The lowest BCUT2D eigenvalue weighted by Gasteiger charge is -2.25. The van der Waals surface area contributed by atoms with E-state index in [1.165, 1.54) is 11.8 Å². The molecule has 0 unspecified atom stereocenters. The predicted octanol–water partition coefficient (Wildman–Crippen LogP) is 7.04. The number of benzene rings is 2. The van der Waals surface area contributed by atoms with Gasteiger partial charge in [0, 0.05) is 34.8 Å². The number of pyridine rings is 1. The zero-order valence-corrected chi connectivity index (χ0v) is 23.2. The summed E-state index contributed by atoms with van der Waals surface area (Å²) < 4.78 is 6.33. The van der Waals surface area contributed by atoms with Crippen molar-refractivity contribution in [3.63, 3.8) is 0 Å². The Kier molecular flexibility index (Phi) is 8.32. The Morgan fingerprint density at radius 3 is 2.66 bits per heavy atom. The lowest BCUT2D eigenvalue weighted by molar-refractivity contribution is -0.116. The zero-order valence-electron chi connectivity index (χ0n) is 20.8. The molecule has 9 heteroatoms. The van der Waals surface area contributed by atoms with E-state index in [0.717, 1.165) is 39.1 Å². The summed E-state index contributed by atoms with van der Waals surface area (Å²) in [6.45, 7) is 2.50. The van der Waals surface area contributed by atoms with Gasteiger partial charge in [-0.25, -0.2) is 0 Å². The van der Waals surface area contributed by atoms with E-state index in [0.29, 0.717) is 16.7 Å². The number of carbonyl (C=O) groups is 1. The number of aromatic nitrogens is 1. The van der Waals surface area contributed by atoms with E-state index in [1.54, 1.807) is 6.20 Å². The maximum Gasteiger partial charge on any atom is 0.226 e. The molecular formula is C29H27ClN4O2S2. The molecule has 2 aromatic heterocycles. The van der Waals surface area contributed by atoms with Crippen LogP contribution < -0.4 is 10.6 Å². The lowest BCUT2D eigenvalue weighted by atomic mass is 10.0. The fraction of sp³-hybridized carbons (Fsp3) is 0.207. The van der Waals surface area contributed by atoms with Crippen LogP contribution in [0.3, 0.4) is 0 Å². The van der Waals surface area contributed by atoms with Crippen LogP contribution in [0.5, 0.6) is 0 Å². The first kappa shape index (κ1) is 26.3. The van der Waals surface area contributed by atoms with E-state index < -0.39 is 0 Å². The summed E-state index contributed by atoms with van der Waals surface area (Å²) in [7, 11) is 0. The maximum absolute atomic E-state index is 12.9. The van der Waals surface area contributed by atoms with Crippen molar-refractivity contribution in [3.8, 4) is 0 Å². The molecule has 1 fully saturated rings. The smallest absolute Gasteiger partial charge is 0.226 e. The summed E-state index contributed by atoms with van der Waals surface area (Å²) in [6, 6.07) is 24.8. The molecule has 194 valence electrons. The Hall–Kier alpha value is -3.33. The third-order valence-corrected chi connectivity index (χ3v) is 7.91. The number of amides is 1. The predicted molar refractivity (Wildman–Crippen MR) is 156 cm³/mol. The van der Waals surface area contributed by atoms with E-state index >= 15 is 0 Å². The van der Waals surface area contributed by atoms with Crippen LogP contribution in [0.4, 0.5) is 5.69 Å². The number of thiocarbonyl (C=S) groups is 1. The molecule has 2 atom stereocenters. The summed E-state index contributed by atoms with van der Waals surface area (Å²) in [5.74, 6) is 0.688. The Labute approximate surface area is 236 Å². The second-order valence-electron chi connectivity index (χ2n) is 8.84. The summed E-state index contributed by atoms with van der Waals surface area (Å²) in [4.78, 5) is 20.5. The van der Waals surface area contributed by atoms with Crippen molar-refractivity contribution in [3.05, 3.63) is 107 Å². The number of carbonyl (C=O) groups excluding carboxylic acids is 1. The average Bonchev–Trinajstić information content (AvgIpc) is 3.53. The van der Waals surface area contributed by atoms with Crippen LogP contribution in [0.2, 0.25) is 5.02 Å². The van der Waals surface area contributed by atoms with Crippen LogP contribution in [-0.2, 0) is 11.2 Å². The Bertz CT molecular complexity index is 1410. The molecule has 1 amide bonds. The van der Waals surface area contributed by atoms with Crippen molar-refractivity contribution in [1.29, 1.82) is 0 Å². The highest BCUT2D eigenvalue weighted by atomic mass is 35.5. The van der Waals surface area contributed by atoms with Gasteiger partial charge in [0.1, 0.15) is 11.8 Å². The number of halogens is 1. The van der Waals surface area contributed by atoms with E-state index in [4.69, 9.17) is 28.2 Å². The molecule has 2 N–H and O–H groups in total. The molecule has 5 rings (SSSR count). The van der Waals surface area contributed by atoms with Gasteiger partial charge in [0.2, 0.25) is 5.91 Å². The number of rotatable bonds is 9. The molecule has 6 nitrogen and oxygen atoms in total. The van der Waals surface area contributed by atoms with Crippen LogP contribution in [0.15, 0.2) is 99.5 Å². The monoisotopic (exact) mass is 562 g/mol. The van der Waals surface area contributed by atoms with Crippen molar-refractivity contribution < 1.29 is 9.21 Å². The quantitative estimate of drug-likeness (QED) is 0.212. The molecule has 0 saturated carbocycles. The molecule has 0 spiro atoms. The molecule has 1 saturated heterocycles. The molecule has 0 bridgehead atoms. The Morgan fingerprint density at radius 2 is 1.89 bits per heavy atom. The number of anilines is 1. The number of nitrogens with zero attached hydrogens (tertiary/aromatic N) is 2. The largest absolute Gasteiger partial charge is 0.452 e. The number of para-hydroxylation sites is 1. The minimum Gasteiger partial charge on any atom is -0.452 e. The Balaban J connectivity index is 1.36. The van der Waals surface area contributed by atoms with Crippen molar-refractivity contribution in [1.82, 2.24) is 15.2 Å². The normalized spacial score (nSPS) is 16.9. The van der Waals surface area contributed by atoms with Gasteiger partial charge in [-0.15, -0.1) is 0 Å². The highest BCUT2D eigenvalue weighted by Crippen LogP contribution is 2.41. The van der Waals surface area contributed by atoms with E-state index in [9.17, 15) is 4.79 Å². The molecule has 4 aromatic rings. The van der Waals surface area contributed by atoms with E-state index in [1.807, 2.05) is 83.8 Å². The lowest BCUT2D eigenvalue weighted by Crippen LogP contribution is -2.32. The van der Waals surface area contributed by atoms with E-state index in [2.05, 4.69) is 22.5 Å². The fourth-order valence-electron chi connectivity index (χ4n) is 4.51. The minimum absolute atomic E-state index is 0.0628. The third-order valence-electron chi connectivity index (χ3n) is 6.38. The summed E-state index contributed by atoms with van der Waals surface area (Å²) in [6.07, 6.45) is 2.89. The third kappa shape index (κ3) is 6.04. The van der Waals surface area contributed by atoms with Crippen LogP contribution in [0, 0.1) is 0 Å². The topological polar surface area (TPSA) is 70.4 Å². The minimum atomic E-state index is -0.257. The molecule has 0 radical (unpaired) electrons. The van der Waals surface area contributed by atoms with Crippen LogP contribution in [-0.4, -0.2) is 27.4 Å². The molecule has 38 heavy (non-hydrogen) atoms. The molecule has 2 aromatic carbocycles. The molecule has 1 aliphatic rings. The van der Waals surface area contributed by atoms with Crippen LogP contribution in [0.25, 0.3) is 0 Å². The van der Waals surface area contributed by atoms with Gasteiger partial charge in [-0.1, -0.05) is 54.6 Å². The van der Waals surface area contributed by atoms with Crippen molar-refractivity contribution in [2.24, 2.45) is 0 Å². The Morgan fingerprint density at radius 1 is 1.11 bits per heavy atom. The van der Waals surface area contributed by atoms with Gasteiger partial charge in [0.05, 0.1) is 11.7 Å². The van der Waals surface area contributed by atoms with Gasteiger partial charge in [0.25, 0.3) is 0 Å². The van der Waals surface area contributed by atoms with Gasteiger partial charge < -0.3 is 20.0 Å². The second kappa shape index (κ2) is 12.0. The average molecular weight is 563 g/mol. The first-order valence-electron chi connectivity index (χ1n) is 12.4. The summed E-state index contributed by atoms with van der Waals surface area (Å²) in [5.41, 5.74) is 2.81. The van der Waals surface area contributed by atoms with Gasteiger partial charge >= 0.3 is 0 Å². The van der Waals surface area contributed by atoms with Crippen molar-refractivity contribution in [2.45, 2.75) is 41.8 Å². The SMILES string of the molecule is CCc1ccccc1NC(=O)CCN1C(=S)N[C@H](c2ccccn2)[C@H]1c1ccc(Sc2ccc(Cl)cc2)o1. The molecule has 1 aliphatic heterocycles. The van der Waals surface area contributed by atoms with Crippen LogP contribution in [0.1, 0.15) is 42.4 Å².